The molecule has 1 aromatic carbocycles. The fraction of sp³-hybridized carbons (Fsp3) is 0.250. The largest absolute Gasteiger partial charge is 0.480 e. The molecule has 138 valence electrons. The van der Waals surface area contributed by atoms with Crippen molar-refractivity contribution >= 4 is 86.4 Å². The van der Waals surface area contributed by atoms with Gasteiger partial charge in [0.15, 0.2) is 11.7 Å². The number of carbonyl (C=O) groups excluding carboxylic acids is 3. The molecule has 0 N–H and O–H groups in total. The molecule has 0 saturated carbocycles. The summed E-state index contributed by atoms with van der Waals surface area (Å²) in [4.78, 5) is 38.5. The van der Waals surface area contributed by atoms with Crippen LogP contribution < -0.4 is 4.74 Å². The van der Waals surface area contributed by atoms with E-state index in [2.05, 4.69) is 49.9 Å². The molecule has 2 amide bonds. The van der Waals surface area contributed by atoms with E-state index >= 15 is 0 Å². The van der Waals surface area contributed by atoms with Crippen molar-refractivity contribution in [3.8, 4) is 5.75 Å². The van der Waals surface area contributed by atoms with Crippen LogP contribution in [0, 0.1) is 7.14 Å². The summed E-state index contributed by atoms with van der Waals surface area (Å²) in [6.07, 6.45) is 1.52. The summed E-state index contributed by atoms with van der Waals surface area (Å²) < 4.78 is 11.5. The number of carbonyl (C=O) groups is 3. The zero-order valence-electron chi connectivity index (χ0n) is 14.0. The molecule has 1 aromatic rings. The standard InChI is InChI=1S/C16H14I2N2O5S/c1-19-14(22)9(15(23)20(2)16(19)26)4-8-5-10(17)13(11(18)6-8)25-7-12(21)24-3/h4-6H,7H2,1-3H3. The Morgan fingerprint density at radius 1 is 1.15 bits per heavy atom. The first-order valence-corrected chi connectivity index (χ1v) is 9.74. The van der Waals surface area contributed by atoms with Crippen molar-refractivity contribution in [2.75, 3.05) is 27.8 Å². The molecule has 0 spiro atoms. The van der Waals surface area contributed by atoms with E-state index in [-0.39, 0.29) is 17.3 Å². The van der Waals surface area contributed by atoms with Gasteiger partial charge in [0.25, 0.3) is 11.8 Å². The predicted molar refractivity (Wildman–Crippen MR) is 116 cm³/mol. The van der Waals surface area contributed by atoms with Crippen molar-refractivity contribution in [3.05, 3.63) is 30.4 Å². The number of rotatable bonds is 4. The van der Waals surface area contributed by atoms with Crippen molar-refractivity contribution < 1.29 is 23.9 Å². The lowest BCUT2D eigenvalue weighted by molar-refractivity contribution is -0.143. The second kappa shape index (κ2) is 8.61. The Morgan fingerprint density at radius 2 is 1.65 bits per heavy atom. The van der Waals surface area contributed by atoms with E-state index in [4.69, 9.17) is 17.0 Å². The van der Waals surface area contributed by atoms with Gasteiger partial charge in [-0.2, -0.15) is 0 Å². The fourth-order valence-corrected chi connectivity index (χ4v) is 4.43. The Hall–Kier alpha value is -1.28. The highest BCUT2D eigenvalue weighted by Crippen LogP contribution is 2.30. The van der Waals surface area contributed by atoms with Gasteiger partial charge in [0, 0.05) is 14.1 Å². The topological polar surface area (TPSA) is 76.2 Å². The normalized spacial score (nSPS) is 14.7. The summed E-state index contributed by atoms with van der Waals surface area (Å²) in [5.74, 6) is -0.845. The molecule has 1 heterocycles. The first-order chi connectivity index (χ1) is 12.2. The lowest BCUT2D eigenvalue weighted by Gasteiger charge is -2.31. The molecule has 1 fully saturated rings. The van der Waals surface area contributed by atoms with Crippen LogP contribution in [0.3, 0.4) is 0 Å². The highest BCUT2D eigenvalue weighted by atomic mass is 127. The van der Waals surface area contributed by atoms with Gasteiger partial charge >= 0.3 is 5.97 Å². The number of likely N-dealkylation sites (N-methyl/N-ethyl adjacent to an activating group) is 2. The molecule has 1 aliphatic rings. The third-order valence-corrected chi connectivity index (χ3v) is 5.69. The molecular weight excluding hydrogens is 586 g/mol. The van der Waals surface area contributed by atoms with Gasteiger partial charge < -0.3 is 9.47 Å². The predicted octanol–water partition coefficient (Wildman–Crippen LogP) is 2.05. The molecule has 1 saturated heterocycles. The van der Waals surface area contributed by atoms with Crippen molar-refractivity contribution in [1.82, 2.24) is 9.80 Å². The van der Waals surface area contributed by atoms with E-state index in [0.717, 1.165) is 7.14 Å². The summed E-state index contributed by atoms with van der Waals surface area (Å²) >= 11 is 9.20. The van der Waals surface area contributed by atoms with Crippen molar-refractivity contribution in [3.63, 3.8) is 0 Å². The first-order valence-electron chi connectivity index (χ1n) is 7.17. The molecule has 26 heavy (non-hydrogen) atoms. The van der Waals surface area contributed by atoms with Crippen LogP contribution in [0.5, 0.6) is 5.75 Å². The molecule has 0 aliphatic carbocycles. The van der Waals surface area contributed by atoms with Gasteiger partial charge in [0.2, 0.25) is 0 Å². The van der Waals surface area contributed by atoms with Crippen LogP contribution in [0.15, 0.2) is 17.7 Å². The number of nitrogens with zero attached hydrogens (tertiary/aromatic N) is 2. The third-order valence-electron chi connectivity index (χ3n) is 3.54. The molecule has 10 heteroatoms. The molecule has 0 unspecified atom stereocenters. The smallest absolute Gasteiger partial charge is 0.343 e. The number of hydrogen-bond donors (Lipinski definition) is 0. The molecule has 0 atom stereocenters. The number of halogens is 2. The Morgan fingerprint density at radius 3 is 2.12 bits per heavy atom. The van der Waals surface area contributed by atoms with Crippen molar-refractivity contribution in [1.29, 1.82) is 0 Å². The quantitative estimate of drug-likeness (QED) is 0.173. The average Bonchev–Trinajstić information content (AvgIpc) is 2.61. The maximum absolute atomic E-state index is 12.4. The molecule has 0 bridgehead atoms. The number of thiocarbonyl (C=S) groups is 1. The average molecular weight is 600 g/mol. The Labute approximate surface area is 182 Å². The Bertz CT molecular complexity index is 791. The van der Waals surface area contributed by atoms with E-state index in [0.29, 0.717) is 11.3 Å². The number of methoxy groups -OCH3 is 1. The summed E-state index contributed by atoms with van der Waals surface area (Å²) in [7, 11) is 4.34. The van der Waals surface area contributed by atoms with Crippen LogP contribution in [-0.4, -0.2) is 60.5 Å². The highest BCUT2D eigenvalue weighted by Gasteiger charge is 2.35. The number of esters is 1. The van der Waals surface area contributed by atoms with Gasteiger partial charge in [-0.15, -0.1) is 0 Å². The minimum atomic E-state index is -0.483. The van der Waals surface area contributed by atoms with Gasteiger partial charge in [-0.3, -0.25) is 19.4 Å². The highest BCUT2D eigenvalue weighted by molar-refractivity contribution is 14.1. The maximum atomic E-state index is 12.4. The second-order valence-corrected chi connectivity index (χ2v) is 7.94. The lowest BCUT2D eigenvalue weighted by Crippen LogP contribution is -2.52. The summed E-state index contributed by atoms with van der Waals surface area (Å²) in [6.45, 7) is -0.201. The van der Waals surface area contributed by atoms with E-state index in [1.54, 1.807) is 12.1 Å². The molecule has 1 aliphatic heterocycles. The minimum Gasteiger partial charge on any atom is -0.480 e. The molecule has 0 radical (unpaired) electrons. The van der Waals surface area contributed by atoms with Crippen LogP contribution in [0.2, 0.25) is 0 Å². The summed E-state index contributed by atoms with van der Waals surface area (Å²) in [5.41, 5.74) is 0.689. The zero-order valence-corrected chi connectivity index (χ0v) is 19.2. The Kier molecular flexibility index (Phi) is 6.96. The van der Waals surface area contributed by atoms with Gasteiger partial charge in [-0.05, 0) is 81.2 Å². The minimum absolute atomic E-state index is 0.0263. The van der Waals surface area contributed by atoms with Crippen LogP contribution in [-0.2, 0) is 19.1 Å². The Balaban J connectivity index is 2.36. The molecular formula is C16H14I2N2O5S. The monoisotopic (exact) mass is 600 g/mol. The number of benzene rings is 1. The van der Waals surface area contributed by atoms with Gasteiger partial charge in [-0.25, -0.2) is 4.79 Å². The van der Waals surface area contributed by atoms with E-state index in [1.165, 1.54) is 37.1 Å². The number of amides is 2. The maximum Gasteiger partial charge on any atom is 0.343 e. The van der Waals surface area contributed by atoms with E-state index < -0.39 is 17.8 Å². The molecule has 7 nitrogen and oxygen atoms in total. The van der Waals surface area contributed by atoms with Gasteiger partial charge in [0.05, 0.1) is 14.3 Å². The van der Waals surface area contributed by atoms with Crippen molar-refractivity contribution in [2.45, 2.75) is 0 Å². The van der Waals surface area contributed by atoms with Crippen molar-refractivity contribution in [2.24, 2.45) is 0 Å². The SMILES string of the molecule is COC(=O)COc1c(I)cc(C=C2C(=O)N(C)C(=S)N(C)C2=O)cc1I. The van der Waals surface area contributed by atoms with Gasteiger partial charge in [0.1, 0.15) is 11.3 Å². The molecule has 2 rings (SSSR count). The fourth-order valence-electron chi connectivity index (χ4n) is 2.13. The lowest BCUT2D eigenvalue weighted by atomic mass is 10.1. The zero-order chi connectivity index (χ0) is 19.6. The van der Waals surface area contributed by atoms with Crippen LogP contribution in [0.4, 0.5) is 0 Å². The van der Waals surface area contributed by atoms with Gasteiger partial charge in [-0.1, -0.05) is 0 Å². The van der Waals surface area contributed by atoms with E-state index in [9.17, 15) is 14.4 Å². The van der Waals surface area contributed by atoms with Crippen LogP contribution in [0.1, 0.15) is 5.56 Å². The first kappa shape index (κ1) is 21.0. The summed E-state index contributed by atoms with van der Waals surface area (Å²) in [6, 6.07) is 3.52. The second-order valence-electron chi connectivity index (χ2n) is 5.25. The van der Waals surface area contributed by atoms with Crippen LogP contribution >= 0.6 is 57.4 Å². The third kappa shape index (κ3) is 4.34. The number of hydrogen-bond acceptors (Lipinski definition) is 6. The van der Waals surface area contributed by atoms with E-state index in [1.807, 2.05) is 0 Å². The van der Waals surface area contributed by atoms with Crippen LogP contribution in [0.25, 0.3) is 6.08 Å². The molecule has 0 aromatic heterocycles. The summed E-state index contributed by atoms with van der Waals surface area (Å²) in [5, 5.41) is 0.160. The number of ether oxygens (including phenoxy) is 2.